The molecule has 1 aliphatic heterocycles. The number of rotatable bonds is 1. The van der Waals surface area contributed by atoms with Crippen molar-refractivity contribution < 1.29 is 0 Å². The number of anilines is 1. The van der Waals surface area contributed by atoms with Crippen LogP contribution in [0.4, 0.5) is 5.69 Å². The van der Waals surface area contributed by atoms with Gasteiger partial charge in [-0.05, 0) is 23.8 Å². The third-order valence-corrected chi connectivity index (χ3v) is 3.71. The Labute approximate surface area is 133 Å². The number of allylic oxidation sites excluding steroid dienone is 1. The predicted molar refractivity (Wildman–Crippen MR) is 84.7 cm³/mol. The van der Waals surface area contributed by atoms with Gasteiger partial charge in [0.15, 0.2) is 5.57 Å². The fourth-order valence-electron chi connectivity index (χ4n) is 2.46. The minimum Gasteiger partial charge on any atom is -0.359 e. The first-order valence-electron chi connectivity index (χ1n) is 6.65. The number of nitrogens with one attached hydrogen (secondary N) is 2. The standard InChI is InChI=1S/C17H11ClN4/c18-13-6-7-15-14(8-13)16(11-4-2-1-3-5-11)22-17(21-15)12(9-19)10-20/h1-8,16,21-22H. The molecule has 0 amide bonds. The van der Waals surface area contributed by atoms with Crippen molar-refractivity contribution in [3.8, 4) is 12.1 Å². The van der Waals surface area contributed by atoms with E-state index >= 15 is 0 Å². The Kier molecular flexibility index (Phi) is 3.70. The molecule has 1 atom stereocenters. The van der Waals surface area contributed by atoms with Crippen LogP contribution in [0, 0.1) is 22.7 Å². The van der Waals surface area contributed by atoms with Crippen molar-refractivity contribution in [2.24, 2.45) is 0 Å². The average molecular weight is 307 g/mol. The third-order valence-electron chi connectivity index (χ3n) is 3.48. The molecular formula is C17H11ClN4. The molecule has 2 N–H and O–H groups in total. The summed E-state index contributed by atoms with van der Waals surface area (Å²) in [4.78, 5) is 0. The Bertz CT molecular complexity index is 812. The fourth-order valence-corrected chi connectivity index (χ4v) is 2.64. The van der Waals surface area contributed by atoms with Crippen molar-refractivity contribution in [2.45, 2.75) is 6.04 Å². The van der Waals surface area contributed by atoms with Crippen LogP contribution in [-0.4, -0.2) is 0 Å². The lowest BCUT2D eigenvalue weighted by molar-refractivity contribution is 0.675. The first-order valence-corrected chi connectivity index (χ1v) is 7.03. The van der Waals surface area contributed by atoms with Gasteiger partial charge in [-0.1, -0.05) is 41.9 Å². The van der Waals surface area contributed by atoms with Crippen LogP contribution in [0.3, 0.4) is 0 Å². The molecule has 1 aliphatic rings. The van der Waals surface area contributed by atoms with E-state index in [1.54, 1.807) is 6.07 Å². The zero-order chi connectivity index (χ0) is 15.5. The molecular weight excluding hydrogens is 296 g/mol. The quantitative estimate of drug-likeness (QED) is 0.788. The van der Waals surface area contributed by atoms with Crippen LogP contribution in [0.15, 0.2) is 59.9 Å². The lowest BCUT2D eigenvalue weighted by Gasteiger charge is -2.31. The van der Waals surface area contributed by atoms with Gasteiger partial charge < -0.3 is 10.6 Å². The highest BCUT2D eigenvalue weighted by Gasteiger charge is 2.25. The van der Waals surface area contributed by atoms with Crippen LogP contribution in [0.25, 0.3) is 0 Å². The van der Waals surface area contributed by atoms with Gasteiger partial charge in [-0.25, -0.2) is 0 Å². The zero-order valence-corrected chi connectivity index (χ0v) is 12.2. The minimum absolute atomic E-state index is 0.0153. The molecule has 22 heavy (non-hydrogen) atoms. The molecule has 0 spiro atoms. The molecule has 0 aromatic heterocycles. The van der Waals surface area contributed by atoms with Crippen molar-refractivity contribution in [2.75, 3.05) is 5.32 Å². The molecule has 0 fully saturated rings. The van der Waals surface area contributed by atoms with Crippen molar-refractivity contribution in [3.63, 3.8) is 0 Å². The number of nitriles is 2. The van der Waals surface area contributed by atoms with Crippen molar-refractivity contribution in [3.05, 3.63) is 76.1 Å². The largest absolute Gasteiger partial charge is 0.359 e. The molecule has 5 heteroatoms. The number of nitrogens with zero attached hydrogens (tertiary/aromatic N) is 2. The monoisotopic (exact) mass is 306 g/mol. The second-order valence-corrected chi connectivity index (χ2v) is 5.25. The maximum atomic E-state index is 9.10. The molecule has 4 nitrogen and oxygen atoms in total. The van der Waals surface area contributed by atoms with E-state index in [0.717, 1.165) is 16.8 Å². The van der Waals surface area contributed by atoms with Gasteiger partial charge in [0.25, 0.3) is 0 Å². The summed E-state index contributed by atoms with van der Waals surface area (Å²) in [5, 5.41) is 25.1. The van der Waals surface area contributed by atoms with Crippen LogP contribution in [0.2, 0.25) is 5.02 Å². The van der Waals surface area contributed by atoms with Crippen LogP contribution in [0.1, 0.15) is 17.2 Å². The second-order valence-electron chi connectivity index (χ2n) is 4.82. The molecule has 0 bridgehead atoms. The smallest absolute Gasteiger partial charge is 0.169 e. The van der Waals surface area contributed by atoms with Crippen molar-refractivity contribution in [1.29, 1.82) is 10.5 Å². The third kappa shape index (κ3) is 2.48. The van der Waals surface area contributed by atoms with E-state index in [0.29, 0.717) is 10.8 Å². The maximum Gasteiger partial charge on any atom is 0.169 e. The molecule has 1 unspecified atom stereocenters. The number of halogens is 1. The highest BCUT2D eigenvalue weighted by atomic mass is 35.5. The van der Waals surface area contributed by atoms with Crippen LogP contribution in [0.5, 0.6) is 0 Å². The Morgan fingerprint density at radius 1 is 1.05 bits per heavy atom. The first-order chi connectivity index (χ1) is 10.7. The molecule has 1 heterocycles. The summed E-state index contributed by atoms with van der Waals surface area (Å²) in [5.74, 6) is 0.411. The van der Waals surface area contributed by atoms with Crippen LogP contribution in [-0.2, 0) is 0 Å². The zero-order valence-electron chi connectivity index (χ0n) is 11.5. The molecule has 0 aliphatic carbocycles. The van der Waals surface area contributed by atoms with Gasteiger partial charge in [0.2, 0.25) is 0 Å². The summed E-state index contributed by atoms with van der Waals surface area (Å²) in [6, 6.07) is 18.9. The normalized spacial score (nSPS) is 15.6. The fraction of sp³-hybridized carbons (Fsp3) is 0.0588. The van der Waals surface area contributed by atoms with E-state index in [-0.39, 0.29) is 11.6 Å². The number of benzene rings is 2. The highest BCUT2D eigenvalue weighted by molar-refractivity contribution is 6.30. The molecule has 0 radical (unpaired) electrons. The van der Waals surface area contributed by atoms with E-state index < -0.39 is 0 Å². The number of fused-ring (bicyclic) bond motifs is 1. The second kappa shape index (κ2) is 5.81. The van der Waals surface area contributed by atoms with E-state index in [2.05, 4.69) is 10.6 Å². The molecule has 2 aromatic rings. The SMILES string of the molecule is N#CC(C#N)=C1Nc2ccc(Cl)cc2C(c2ccccc2)N1. The Hall–Kier alpha value is -2.95. The molecule has 0 saturated carbocycles. The van der Waals surface area contributed by atoms with Gasteiger partial charge >= 0.3 is 0 Å². The number of hydrogen-bond acceptors (Lipinski definition) is 4. The van der Waals surface area contributed by atoms with Crippen molar-refractivity contribution in [1.82, 2.24) is 5.32 Å². The lowest BCUT2D eigenvalue weighted by Crippen LogP contribution is -2.32. The molecule has 3 rings (SSSR count). The highest BCUT2D eigenvalue weighted by Crippen LogP contribution is 2.35. The Morgan fingerprint density at radius 2 is 1.77 bits per heavy atom. The first kappa shape index (κ1) is 14.0. The van der Waals surface area contributed by atoms with E-state index in [9.17, 15) is 0 Å². The summed E-state index contributed by atoms with van der Waals surface area (Å²) in [7, 11) is 0. The summed E-state index contributed by atoms with van der Waals surface area (Å²) in [6.45, 7) is 0. The Balaban J connectivity index is 2.17. The van der Waals surface area contributed by atoms with Gasteiger partial charge in [-0.15, -0.1) is 0 Å². The summed E-state index contributed by atoms with van der Waals surface area (Å²) >= 11 is 6.11. The number of hydrogen-bond donors (Lipinski definition) is 2. The molecule has 2 aromatic carbocycles. The van der Waals surface area contributed by atoms with Gasteiger partial charge in [0, 0.05) is 16.3 Å². The van der Waals surface area contributed by atoms with Gasteiger partial charge in [0.05, 0.1) is 6.04 Å². The van der Waals surface area contributed by atoms with Gasteiger partial charge in [-0.3, -0.25) is 0 Å². The van der Waals surface area contributed by atoms with Crippen molar-refractivity contribution >= 4 is 17.3 Å². The summed E-state index contributed by atoms with van der Waals surface area (Å²) < 4.78 is 0. The summed E-state index contributed by atoms with van der Waals surface area (Å²) in [6.07, 6.45) is 0. The molecule has 0 saturated heterocycles. The summed E-state index contributed by atoms with van der Waals surface area (Å²) in [5.41, 5.74) is 2.84. The van der Waals surface area contributed by atoms with E-state index in [4.69, 9.17) is 22.1 Å². The lowest BCUT2D eigenvalue weighted by atomic mass is 9.95. The molecule has 106 valence electrons. The Morgan fingerprint density at radius 3 is 2.45 bits per heavy atom. The minimum atomic E-state index is -0.178. The van der Waals surface area contributed by atoms with Crippen LogP contribution >= 0.6 is 11.6 Å². The van der Waals surface area contributed by atoms with Crippen LogP contribution < -0.4 is 10.6 Å². The van der Waals surface area contributed by atoms with Gasteiger partial charge in [-0.2, -0.15) is 10.5 Å². The predicted octanol–water partition coefficient (Wildman–Crippen LogP) is 3.70. The topological polar surface area (TPSA) is 71.6 Å². The van der Waals surface area contributed by atoms with Gasteiger partial charge in [0.1, 0.15) is 18.0 Å². The van der Waals surface area contributed by atoms with E-state index in [1.807, 2.05) is 54.6 Å². The van der Waals surface area contributed by atoms with E-state index in [1.165, 1.54) is 0 Å². The maximum absolute atomic E-state index is 9.10. The average Bonchev–Trinajstić information content (AvgIpc) is 2.56.